The summed E-state index contributed by atoms with van der Waals surface area (Å²) in [6, 6.07) is 3.57. The topological polar surface area (TPSA) is 74.0 Å². The molecule has 7 heteroatoms. The van der Waals surface area contributed by atoms with Gasteiger partial charge in [0.05, 0.1) is 27.0 Å². The highest BCUT2D eigenvalue weighted by Crippen LogP contribution is 2.42. The number of hydrogen-bond acceptors (Lipinski definition) is 5. The standard InChI is InChI=1S/C19H30N2O4.ClH/c1-21(17(22)12-19(13-20)8-6-5-7-9-19)14-10-15(23-2)18(25-4)16(11-14)24-3;/h10-11H,5-9,12-13,20H2,1-4H3;1H. The van der Waals surface area contributed by atoms with E-state index < -0.39 is 0 Å². The number of hydrogen-bond donors (Lipinski definition) is 1. The summed E-state index contributed by atoms with van der Waals surface area (Å²) in [5.41, 5.74) is 6.67. The van der Waals surface area contributed by atoms with Gasteiger partial charge in [-0.25, -0.2) is 0 Å². The molecule has 1 amide bonds. The Morgan fingerprint density at radius 2 is 1.62 bits per heavy atom. The van der Waals surface area contributed by atoms with Gasteiger partial charge in [-0.3, -0.25) is 4.79 Å². The molecule has 0 unspecified atom stereocenters. The van der Waals surface area contributed by atoms with Crippen LogP contribution in [0.15, 0.2) is 12.1 Å². The van der Waals surface area contributed by atoms with Gasteiger partial charge in [-0.1, -0.05) is 19.3 Å². The number of benzene rings is 1. The minimum atomic E-state index is -0.0652. The summed E-state index contributed by atoms with van der Waals surface area (Å²) in [6.45, 7) is 0.557. The van der Waals surface area contributed by atoms with E-state index in [-0.39, 0.29) is 23.7 Å². The van der Waals surface area contributed by atoms with Gasteiger partial charge in [-0.05, 0) is 24.8 Å². The average Bonchev–Trinajstić information content (AvgIpc) is 2.66. The molecule has 0 aliphatic heterocycles. The van der Waals surface area contributed by atoms with Crippen molar-refractivity contribution in [2.24, 2.45) is 11.1 Å². The first-order valence-electron chi connectivity index (χ1n) is 8.77. The Balaban J connectivity index is 0.00000338. The van der Waals surface area contributed by atoms with E-state index in [2.05, 4.69) is 0 Å². The Morgan fingerprint density at radius 3 is 2.04 bits per heavy atom. The minimum absolute atomic E-state index is 0. The zero-order valence-electron chi connectivity index (χ0n) is 16.2. The second kappa shape index (κ2) is 9.88. The van der Waals surface area contributed by atoms with Crippen LogP contribution in [0.4, 0.5) is 5.69 Å². The Hall–Kier alpha value is -1.66. The van der Waals surface area contributed by atoms with Crippen molar-refractivity contribution in [3.8, 4) is 17.2 Å². The van der Waals surface area contributed by atoms with E-state index in [9.17, 15) is 4.79 Å². The molecule has 0 radical (unpaired) electrons. The number of nitrogens with zero attached hydrogens (tertiary/aromatic N) is 1. The highest BCUT2D eigenvalue weighted by molar-refractivity contribution is 5.94. The summed E-state index contributed by atoms with van der Waals surface area (Å²) in [5.74, 6) is 1.63. The molecule has 0 aromatic heterocycles. The smallest absolute Gasteiger partial charge is 0.227 e. The van der Waals surface area contributed by atoms with Crippen molar-refractivity contribution >= 4 is 24.0 Å². The van der Waals surface area contributed by atoms with Crippen molar-refractivity contribution in [1.82, 2.24) is 0 Å². The lowest BCUT2D eigenvalue weighted by Crippen LogP contribution is -2.39. The van der Waals surface area contributed by atoms with Crippen molar-refractivity contribution in [2.45, 2.75) is 38.5 Å². The lowest BCUT2D eigenvalue weighted by atomic mass is 9.71. The zero-order valence-corrected chi connectivity index (χ0v) is 17.0. The van der Waals surface area contributed by atoms with E-state index in [1.807, 2.05) is 0 Å². The second-order valence-corrected chi connectivity index (χ2v) is 6.78. The molecule has 0 saturated heterocycles. The molecule has 0 atom stereocenters. The monoisotopic (exact) mass is 386 g/mol. The number of carbonyl (C=O) groups is 1. The van der Waals surface area contributed by atoms with E-state index in [1.165, 1.54) is 6.42 Å². The first kappa shape index (κ1) is 22.4. The van der Waals surface area contributed by atoms with Gasteiger partial charge in [0.2, 0.25) is 11.7 Å². The number of halogens is 1. The molecule has 1 aromatic rings. The van der Waals surface area contributed by atoms with E-state index in [0.29, 0.717) is 35.9 Å². The Morgan fingerprint density at radius 1 is 1.08 bits per heavy atom. The van der Waals surface area contributed by atoms with Gasteiger partial charge in [0, 0.05) is 25.6 Å². The van der Waals surface area contributed by atoms with E-state index >= 15 is 0 Å². The molecule has 26 heavy (non-hydrogen) atoms. The van der Waals surface area contributed by atoms with Crippen LogP contribution in [0, 0.1) is 5.41 Å². The molecule has 148 valence electrons. The molecule has 1 fully saturated rings. The SMILES string of the molecule is COc1cc(N(C)C(=O)CC2(CN)CCCCC2)cc(OC)c1OC.Cl. The summed E-state index contributed by atoms with van der Waals surface area (Å²) in [4.78, 5) is 14.5. The first-order chi connectivity index (χ1) is 12.0. The highest BCUT2D eigenvalue weighted by Gasteiger charge is 2.34. The molecule has 2 rings (SSSR count). The van der Waals surface area contributed by atoms with Crippen LogP contribution in [0.1, 0.15) is 38.5 Å². The molecule has 6 nitrogen and oxygen atoms in total. The summed E-state index contributed by atoms with van der Waals surface area (Å²) >= 11 is 0. The van der Waals surface area contributed by atoms with Crippen LogP contribution in [0.3, 0.4) is 0 Å². The predicted molar refractivity (Wildman–Crippen MR) is 106 cm³/mol. The summed E-state index contributed by atoms with van der Waals surface area (Å²) in [6.07, 6.45) is 6.06. The lowest BCUT2D eigenvalue weighted by Gasteiger charge is -2.36. The number of anilines is 1. The number of nitrogens with two attached hydrogens (primary N) is 1. The van der Waals surface area contributed by atoms with Gasteiger partial charge < -0.3 is 24.8 Å². The van der Waals surface area contributed by atoms with E-state index in [4.69, 9.17) is 19.9 Å². The van der Waals surface area contributed by atoms with Crippen LogP contribution in [0.5, 0.6) is 17.2 Å². The Labute approximate surface area is 162 Å². The van der Waals surface area contributed by atoms with Crippen molar-refractivity contribution < 1.29 is 19.0 Å². The second-order valence-electron chi connectivity index (χ2n) is 6.78. The van der Waals surface area contributed by atoms with Gasteiger partial charge in [0.25, 0.3) is 0 Å². The van der Waals surface area contributed by atoms with Crippen LogP contribution in [0.25, 0.3) is 0 Å². The van der Waals surface area contributed by atoms with Crippen molar-refractivity contribution in [3.05, 3.63) is 12.1 Å². The van der Waals surface area contributed by atoms with Crippen LogP contribution >= 0.6 is 12.4 Å². The summed E-state index contributed by atoms with van der Waals surface area (Å²) < 4.78 is 16.1. The maximum absolute atomic E-state index is 12.9. The predicted octanol–water partition coefficient (Wildman–Crippen LogP) is 3.40. The molecule has 0 bridgehead atoms. The minimum Gasteiger partial charge on any atom is -0.493 e. The number of ether oxygens (including phenoxy) is 3. The molecule has 1 aromatic carbocycles. The fourth-order valence-corrected chi connectivity index (χ4v) is 3.60. The molecule has 0 spiro atoms. The quantitative estimate of drug-likeness (QED) is 0.777. The first-order valence-corrected chi connectivity index (χ1v) is 8.77. The molecule has 1 saturated carbocycles. The Bertz CT molecular complexity index is 578. The van der Waals surface area contributed by atoms with Crippen molar-refractivity contribution in [3.63, 3.8) is 0 Å². The van der Waals surface area contributed by atoms with E-state index in [0.717, 1.165) is 25.7 Å². The van der Waals surface area contributed by atoms with Crippen molar-refractivity contribution in [2.75, 3.05) is 39.8 Å². The number of carbonyl (C=O) groups excluding carboxylic acids is 1. The van der Waals surface area contributed by atoms with Crippen LogP contribution < -0.4 is 24.8 Å². The Kier molecular flexibility index (Phi) is 8.50. The van der Waals surface area contributed by atoms with E-state index in [1.54, 1.807) is 45.4 Å². The fourth-order valence-electron chi connectivity index (χ4n) is 3.60. The summed E-state index contributed by atoms with van der Waals surface area (Å²) in [7, 11) is 6.46. The van der Waals surface area contributed by atoms with Gasteiger partial charge in [0.1, 0.15) is 0 Å². The normalized spacial score (nSPS) is 15.6. The van der Waals surface area contributed by atoms with Crippen LogP contribution in [0.2, 0.25) is 0 Å². The lowest BCUT2D eigenvalue weighted by molar-refractivity contribution is -0.121. The van der Waals surface area contributed by atoms with Gasteiger partial charge >= 0.3 is 0 Å². The number of rotatable bonds is 7. The number of amides is 1. The van der Waals surface area contributed by atoms with Gasteiger partial charge in [0.15, 0.2) is 11.5 Å². The third-order valence-electron chi connectivity index (χ3n) is 5.28. The third kappa shape index (κ3) is 4.74. The molecule has 1 aliphatic rings. The zero-order chi connectivity index (χ0) is 18.4. The van der Waals surface area contributed by atoms with Crippen LogP contribution in [-0.4, -0.2) is 40.8 Å². The van der Waals surface area contributed by atoms with Crippen molar-refractivity contribution in [1.29, 1.82) is 0 Å². The third-order valence-corrected chi connectivity index (χ3v) is 5.28. The highest BCUT2D eigenvalue weighted by atomic mass is 35.5. The fraction of sp³-hybridized carbons (Fsp3) is 0.632. The molecular weight excluding hydrogens is 356 g/mol. The molecule has 0 heterocycles. The van der Waals surface area contributed by atoms with Gasteiger partial charge in [-0.2, -0.15) is 0 Å². The van der Waals surface area contributed by atoms with Gasteiger partial charge in [-0.15, -0.1) is 12.4 Å². The number of methoxy groups -OCH3 is 3. The van der Waals surface area contributed by atoms with Crippen LogP contribution in [-0.2, 0) is 4.79 Å². The average molecular weight is 387 g/mol. The molecule has 2 N–H and O–H groups in total. The molecule has 1 aliphatic carbocycles. The molecular formula is C19H31ClN2O4. The summed E-state index contributed by atoms with van der Waals surface area (Å²) in [5, 5.41) is 0. The maximum Gasteiger partial charge on any atom is 0.227 e. The maximum atomic E-state index is 12.9. The largest absolute Gasteiger partial charge is 0.493 e.